The molecule has 1 N–H and O–H groups in total. The number of nitrogens with zero attached hydrogens (tertiary/aromatic N) is 2. The minimum atomic E-state index is -1.04. The number of hydrogen-bond donors (Lipinski definition) is 1. The van der Waals surface area contributed by atoms with E-state index in [1.165, 1.54) is 6.07 Å². The van der Waals surface area contributed by atoms with Crippen LogP contribution in [0.3, 0.4) is 0 Å². The third-order valence-corrected chi connectivity index (χ3v) is 5.15. The Morgan fingerprint density at radius 2 is 2.18 bits per heavy atom. The van der Waals surface area contributed by atoms with E-state index in [9.17, 15) is 13.9 Å². The summed E-state index contributed by atoms with van der Waals surface area (Å²) in [6.45, 7) is 6.14. The minimum absolute atomic E-state index is 0.286. The zero-order valence-corrected chi connectivity index (χ0v) is 16.4. The first kappa shape index (κ1) is 20.7. The molecular weight excluding hydrogens is 386 g/mol. The Labute approximate surface area is 167 Å². The summed E-state index contributed by atoms with van der Waals surface area (Å²) in [5.74, 6) is -1.94. The fourth-order valence-electron chi connectivity index (χ4n) is 3.27. The van der Waals surface area contributed by atoms with Crippen LogP contribution in [0.2, 0.25) is 0 Å². The number of aliphatic hydroxyl groups excluding tert-OH is 1. The Morgan fingerprint density at radius 3 is 2.89 bits per heavy atom. The second-order valence-electron chi connectivity index (χ2n) is 6.80. The standard InChI is InChI=1S/C21H23ClF2N2O2/c1-3-4-10-25-21(22)15-9-11-26(13(15)2)19-8-7-18(28-19)20(27)14-5-6-16(23)17(24)12-14/h5-6,9-12,18-20,27H,2-4,7-8H2,1H3/b21-15-,25-10-. The Kier molecular flexibility index (Phi) is 6.65. The maximum atomic E-state index is 13.4. The summed E-state index contributed by atoms with van der Waals surface area (Å²) in [5.41, 5.74) is 0.286. The number of aliphatic hydroxyl groups is 1. The minimum Gasteiger partial charge on any atom is -0.386 e. The van der Waals surface area contributed by atoms with Crippen LogP contribution in [-0.2, 0) is 4.74 Å². The van der Waals surface area contributed by atoms with Crippen LogP contribution in [-0.4, -0.2) is 22.0 Å². The van der Waals surface area contributed by atoms with E-state index in [0.717, 1.165) is 30.2 Å². The average Bonchev–Trinajstić information content (AvgIpc) is 3.30. The van der Waals surface area contributed by atoms with Gasteiger partial charge in [0.15, 0.2) is 11.6 Å². The molecule has 0 radical (unpaired) electrons. The third kappa shape index (κ3) is 4.35. The highest BCUT2D eigenvalue weighted by Crippen LogP contribution is 2.34. The van der Waals surface area contributed by atoms with E-state index >= 15 is 0 Å². The molecular formula is C21H23ClF2N2O2. The molecule has 1 aromatic heterocycles. The first-order chi connectivity index (χ1) is 13.4. The highest BCUT2D eigenvalue weighted by Gasteiger charge is 2.32. The number of aromatic nitrogens is 1. The smallest absolute Gasteiger partial charge is 0.159 e. The average molecular weight is 409 g/mol. The number of unbranched alkanes of at least 4 members (excludes halogenated alkanes) is 1. The summed E-state index contributed by atoms with van der Waals surface area (Å²) >= 11 is 6.27. The van der Waals surface area contributed by atoms with Gasteiger partial charge in [-0.3, -0.25) is 0 Å². The van der Waals surface area contributed by atoms with Gasteiger partial charge in [0.1, 0.15) is 17.5 Å². The summed E-state index contributed by atoms with van der Waals surface area (Å²) < 4.78 is 34.4. The lowest BCUT2D eigenvalue weighted by atomic mass is 10.0. The molecule has 1 saturated heterocycles. The van der Waals surface area contributed by atoms with Gasteiger partial charge in [0.05, 0.1) is 6.10 Å². The SMILES string of the molecule is C=c1/c(=C(Cl)\N=C/CCC)ccn1C1CCC(C(O)c2ccc(F)c(F)c2)O1. The number of hydrogen-bond acceptors (Lipinski definition) is 3. The molecule has 0 bridgehead atoms. The molecule has 1 aromatic carbocycles. The largest absolute Gasteiger partial charge is 0.386 e. The van der Waals surface area contributed by atoms with Crippen molar-refractivity contribution < 1.29 is 18.6 Å². The fraction of sp³-hybridized carbons (Fsp3) is 0.381. The van der Waals surface area contributed by atoms with Crippen molar-refractivity contribution in [1.29, 1.82) is 0 Å². The first-order valence-corrected chi connectivity index (χ1v) is 9.66. The maximum absolute atomic E-state index is 13.4. The van der Waals surface area contributed by atoms with Gasteiger partial charge in [0.25, 0.3) is 0 Å². The maximum Gasteiger partial charge on any atom is 0.159 e. The van der Waals surface area contributed by atoms with Gasteiger partial charge in [0.2, 0.25) is 0 Å². The van der Waals surface area contributed by atoms with Gasteiger partial charge in [-0.05, 0) is 43.0 Å². The molecule has 2 aromatic rings. The van der Waals surface area contributed by atoms with Gasteiger partial charge in [-0.1, -0.05) is 37.6 Å². The van der Waals surface area contributed by atoms with Gasteiger partial charge in [-0.15, -0.1) is 0 Å². The molecule has 4 nitrogen and oxygen atoms in total. The van der Waals surface area contributed by atoms with Gasteiger partial charge in [-0.2, -0.15) is 0 Å². The van der Waals surface area contributed by atoms with Gasteiger partial charge >= 0.3 is 0 Å². The second kappa shape index (κ2) is 8.99. The van der Waals surface area contributed by atoms with Crippen molar-refractivity contribution in [3.63, 3.8) is 0 Å². The lowest BCUT2D eigenvalue weighted by molar-refractivity contribution is -0.0612. The monoisotopic (exact) mass is 408 g/mol. The summed E-state index contributed by atoms with van der Waals surface area (Å²) in [7, 11) is 0. The molecule has 1 aliphatic heterocycles. The predicted molar refractivity (Wildman–Crippen MR) is 106 cm³/mol. The topological polar surface area (TPSA) is 46.8 Å². The molecule has 150 valence electrons. The van der Waals surface area contributed by atoms with Crippen LogP contribution in [0.5, 0.6) is 0 Å². The molecule has 0 spiro atoms. The quantitative estimate of drug-likeness (QED) is 0.584. The molecule has 3 unspecified atom stereocenters. The van der Waals surface area contributed by atoms with E-state index in [1.807, 2.05) is 16.8 Å². The number of benzene rings is 1. The lowest BCUT2D eigenvalue weighted by Gasteiger charge is -2.20. The van der Waals surface area contributed by atoms with Crippen LogP contribution in [0.4, 0.5) is 8.78 Å². The first-order valence-electron chi connectivity index (χ1n) is 9.29. The van der Waals surface area contributed by atoms with E-state index in [-0.39, 0.29) is 11.8 Å². The van der Waals surface area contributed by atoms with E-state index in [1.54, 1.807) is 6.21 Å². The van der Waals surface area contributed by atoms with Crippen molar-refractivity contribution in [1.82, 2.24) is 4.57 Å². The molecule has 3 atom stereocenters. The van der Waals surface area contributed by atoms with Crippen molar-refractivity contribution in [2.75, 3.05) is 0 Å². The molecule has 1 fully saturated rings. The van der Waals surface area contributed by atoms with Crippen LogP contribution >= 0.6 is 11.6 Å². The molecule has 7 heteroatoms. The van der Waals surface area contributed by atoms with E-state index < -0.39 is 23.8 Å². The Morgan fingerprint density at radius 1 is 1.39 bits per heavy atom. The summed E-state index contributed by atoms with van der Waals surface area (Å²) in [6, 6.07) is 5.20. The molecule has 28 heavy (non-hydrogen) atoms. The predicted octanol–water partition coefficient (Wildman–Crippen LogP) is 3.76. The fourth-order valence-corrected chi connectivity index (χ4v) is 3.51. The van der Waals surface area contributed by atoms with Gasteiger partial charge in [0, 0.05) is 23.0 Å². The van der Waals surface area contributed by atoms with Gasteiger partial charge in [-0.25, -0.2) is 13.8 Å². The molecule has 0 saturated carbocycles. The number of aliphatic imine (C=N–C) groups is 1. The molecule has 0 aliphatic carbocycles. The van der Waals surface area contributed by atoms with Crippen LogP contribution in [0.15, 0.2) is 35.5 Å². The van der Waals surface area contributed by atoms with Gasteiger partial charge < -0.3 is 14.4 Å². The Balaban J connectivity index is 1.76. The summed E-state index contributed by atoms with van der Waals surface area (Å²) in [4.78, 5) is 4.24. The van der Waals surface area contributed by atoms with Crippen LogP contribution in [0, 0.1) is 11.6 Å². The van der Waals surface area contributed by atoms with E-state index in [2.05, 4.69) is 18.5 Å². The number of rotatable bonds is 6. The normalized spacial score (nSPS) is 22.0. The van der Waals surface area contributed by atoms with Crippen molar-refractivity contribution in [3.05, 3.63) is 58.2 Å². The zero-order valence-electron chi connectivity index (χ0n) is 15.6. The lowest BCUT2D eigenvalue weighted by Crippen LogP contribution is -2.31. The van der Waals surface area contributed by atoms with Crippen LogP contribution in [0.25, 0.3) is 11.7 Å². The summed E-state index contributed by atoms with van der Waals surface area (Å²) in [5, 5.41) is 12.3. The highest BCUT2D eigenvalue weighted by molar-refractivity contribution is 6.45. The van der Waals surface area contributed by atoms with Crippen LogP contribution in [0.1, 0.15) is 50.5 Å². The Bertz CT molecular complexity index is 973. The van der Waals surface area contributed by atoms with Crippen molar-refractivity contribution in [2.45, 2.75) is 51.0 Å². The second-order valence-corrected chi connectivity index (χ2v) is 7.16. The molecule has 2 heterocycles. The number of halogens is 3. The highest BCUT2D eigenvalue weighted by atomic mass is 35.5. The van der Waals surface area contributed by atoms with Crippen molar-refractivity contribution in [2.24, 2.45) is 4.99 Å². The van der Waals surface area contributed by atoms with Crippen molar-refractivity contribution >= 4 is 29.6 Å². The number of ether oxygens (including phenoxy) is 1. The van der Waals surface area contributed by atoms with E-state index in [0.29, 0.717) is 23.3 Å². The zero-order chi connectivity index (χ0) is 20.3. The van der Waals surface area contributed by atoms with Crippen LogP contribution < -0.4 is 10.6 Å². The van der Waals surface area contributed by atoms with E-state index in [4.69, 9.17) is 16.3 Å². The molecule has 0 amide bonds. The third-order valence-electron chi connectivity index (χ3n) is 4.85. The Hall–Kier alpha value is -2.02. The molecule has 3 rings (SSSR count). The molecule has 1 aliphatic rings. The summed E-state index contributed by atoms with van der Waals surface area (Å²) in [6.07, 6.45) is 4.77. The van der Waals surface area contributed by atoms with Crippen molar-refractivity contribution in [3.8, 4) is 0 Å².